The molecule has 98 valence electrons. The zero-order valence-corrected chi connectivity index (χ0v) is 11.0. The third kappa shape index (κ3) is 2.18. The molecule has 0 heterocycles. The molecule has 0 amide bonds. The number of carbonyl (C=O) groups is 1. The number of fused-ring (bicyclic) bond motifs is 1. The third-order valence-electron chi connectivity index (χ3n) is 3.37. The Bertz CT molecular complexity index is 488. The van der Waals surface area contributed by atoms with Crippen molar-refractivity contribution in [3.63, 3.8) is 0 Å². The van der Waals surface area contributed by atoms with Crippen LogP contribution in [-0.4, -0.2) is 18.2 Å². The molecule has 3 N–H and O–H groups in total. The van der Waals surface area contributed by atoms with Crippen LogP contribution in [0.25, 0.3) is 0 Å². The first kappa shape index (κ1) is 13.2. The van der Waals surface area contributed by atoms with Crippen LogP contribution in [0.1, 0.15) is 35.6 Å². The maximum absolute atomic E-state index is 11.0. The van der Waals surface area contributed by atoms with Gasteiger partial charge >= 0.3 is 5.97 Å². The van der Waals surface area contributed by atoms with Crippen molar-refractivity contribution in [3.8, 4) is 5.75 Å². The zero-order valence-electron chi connectivity index (χ0n) is 10.2. The number of carboxylic acids is 1. The van der Waals surface area contributed by atoms with Gasteiger partial charge in [-0.15, -0.1) is 0 Å². The molecule has 0 fully saturated rings. The summed E-state index contributed by atoms with van der Waals surface area (Å²) in [5.74, 6) is -0.688. The molecular formula is C13H16ClNO3. The van der Waals surface area contributed by atoms with Crippen LogP contribution in [0.15, 0.2) is 6.07 Å². The minimum atomic E-state index is -1.11. The predicted octanol–water partition coefficient (Wildman–Crippen LogP) is 2.31. The Labute approximate surface area is 111 Å². The van der Waals surface area contributed by atoms with Crippen molar-refractivity contribution in [1.82, 2.24) is 0 Å². The Morgan fingerprint density at radius 1 is 1.50 bits per heavy atom. The molecule has 0 bridgehead atoms. The first-order valence-corrected chi connectivity index (χ1v) is 6.30. The Morgan fingerprint density at radius 3 is 2.78 bits per heavy atom. The van der Waals surface area contributed by atoms with Crippen molar-refractivity contribution in [2.24, 2.45) is 5.73 Å². The third-order valence-corrected chi connectivity index (χ3v) is 3.77. The molecular weight excluding hydrogens is 254 g/mol. The number of carboxylic acid groups (broad SMARTS) is 1. The topological polar surface area (TPSA) is 72.5 Å². The summed E-state index contributed by atoms with van der Waals surface area (Å²) in [5, 5.41) is 9.54. The lowest BCUT2D eigenvalue weighted by Gasteiger charge is -2.22. The summed E-state index contributed by atoms with van der Waals surface area (Å²) in [7, 11) is 1.48. The molecule has 0 spiro atoms. The van der Waals surface area contributed by atoms with E-state index in [1.54, 1.807) is 0 Å². The van der Waals surface area contributed by atoms with Gasteiger partial charge in [-0.2, -0.15) is 0 Å². The van der Waals surface area contributed by atoms with E-state index in [2.05, 4.69) is 0 Å². The molecule has 2 rings (SSSR count). The smallest absolute Gasteiger partial charge is 0.325 e. The van der Waals surface area contributed by atoms with Gasteiger partial charge < -0.3 is 15.6 Å². The highest BCUT2D eigenvalue weighted by Crippen LogP contribution is 2.40. The fraction of sp³-hybridized carbons (Fsp3) is 0.462. The lowest BCUT2D eigenvalue weighted by Crippen LogP contribution is -2.22. The second-order valence-electron chi connectivity index (χ2n) is 4.47. The molecule has 18 heavy (non-hydrogen) atoms. The quantitative estimate of drug-likeness (QED) is 0.883. The van der Waals surface area contributed by atoms with Gasteiger partial charge in [0.05, 0.1) is 12.1 Å². The van der Waals surface area contributed by atoms with E-state index in [9.17, 15) is 4.79 Å². The van der Waals surface area contributed by atoms with Gasteiger partial charge in [0.1, 0.15) is 11.8 Å². The van der Waals surface area contributed by atoms with E-state index in [1.165, 1.54) is 7.11 Å². The molecule has 0 aliphatic heterocycles. The van der Waals surface area contributed by atoms with E-state index in [-0.39, 0.29) is 0 Å². The standard InChI is InChI=1S/C13H16ClNO3/c1-18-12-9(11(15)13(16)17)6-7-4-2-3-5-8(7)10(12)14/h6,11H,2-5,15H2,1H3,(H,16,17). The summed E-state index contributed by atoms with van der Waals surface area (Å²) in [6.07, 6.45) is 4.02. The van der Waals surface area contributed by atoms with Crippen LogP contribution < -0.4 is 10.5 Å². The van der Waals surface area contributed by atoms with Gasteiger partial charge in [-0.1, -0.05) is 11.6 Å². The van der Waals surface area contributed by atoms with Crippen LogP contribution in [0.4, 0.5) is 0 Å². The summed E-state index contributed by atoms with van der Waals surface area (Å²) in [4.78, 5) is 11.0. The summed E-state index contributed by atoms with van der Waals surface area (Å²) in [5.41, 5.74) is 8.30. The molecule has 1 aromatic rings. The number of hydrogen-bond donors (Lipinski definition) is 2. The van der Waals surface area contributed by atoms with Crippen LogP contribution >= 0.6 is 11.6 Å². The number of rotatable bonds is 3. The van der Waals surface area contributed by atoms with Crippen molar-refractivity contribution < 1.29 is 14.6 Å². The number of halogens is 1. The summed E-state index contributed by atoms with van der Waals surface area (Å²) in [6, 6.07) is 0.725. The summed E-state index contributed by atoms with van der Waals surface area (Å²) < 4.78 is 5.24. The number of aliphatic carboxylic acids is 1. The highest BCUT2D eigenvalue weighted by Gasteiger charge is 2.25. The first-order valence-electron chi connectivity index (χ1n) is 5.92. The van der Waals surface area contributed by atoms with E-state index < -0.39 is 12.0 Å². The molecule has 1 aromatic carbocycles. The molecule has 5 heteroatoms. The van der Waals surface area contributed by atoms with Crippen molar-refractivity contribution in [2.45, 2.75) is 31.7 Å². The number of nitrogens with two attached hydrogens (primary N) is 1. The van der Waals surface area contributed by atoms with E-state index in [1.807, 2.05) is 6.07 Å². The van der Waals surface area contributed by atoms with Crippen LogP contribution in [0.5, 0.6) is 5.75 Å². The average Bonchev–Trinajstić information content (AvgIpc) is 2.37. The van der Waals surface area contributed by atoms with Crippen molar-refractivity contribution in [1.29, 1.82) is 0 Å². The molecule has 0 saturated heterocycles. The van der Waals surface area contributed by atoms with Gasteiger partial charge in [0.2, 0.25) is 0 Å². The largest absolute Gasteiger partial charge is 0.495 e. The maximum atomic E-state index is 11.0. The fourth-order valence-electron chi connectivity index (χ4n) is 2.43. The number of aryl methyl sites for hydroxylation is 1. The highest BCUT2D eigenvalue weighted by atomic mass is 35.5. The van der Waals surface area contributed by atoms with Gasteiger partial charge in [-0.3, -0.25) is 4.79 Å². The number of methoxy groups -OCH3 is 1. The second kappa shape index (κ2) is 5.16. The molecule has 1 aliphatic carbocycles. The Hall–Kier alpha value is -1.26. The SMILES string of the molecule is COc1c(C(N)C(=O)O)cc2c(c1Cl)CCCC2. The minimum absolute atomic E-state index is 0.396. The zero-order chi connectivity index (χ0) is 13.3. The van der Waals surface area contributed by atoms with Crippen molar-refractivity contribution in [2.75, 3.05) is 7.11 Å². The van der Waals surface area contributed by atoms with Crippen molar-refractivity contribution in [3.05, 3.63) is 27.8 Å². The molecule has 0 aromatic heterocycles. The highest BCUT2D eigenvalue weighted by molar-refractivity contribution is 6.33. The molecule has 4 nitrogen and oxygen atoms in total. The van der Waals surface area contributed by atoms with Gasteiger partial charge in [0.25, 0.3) is 0 Å². The van der Waals surface area contributed by atoms with Gasteiger partial charge in [0, 0.05) is 5.56 Å². The normalized spacial score (nSPS) is 15.9. The van der Waals surface area contributed by atoms with E-state index in [0.29, 0.717) is 16.3 Å². The first-order chi connectivity index (χ1) is 8.56. The lowest BCUT2D eigenvalue weighted by atomic mass is 9.88. The van der Waals surface area contributed by atoms with Crippen LogP contribution in [0.3, 0.4) is 0 Å². The monoisotopic (exact) mass is 269 g/mol. The Kier molecular flexibility index (Phi) is 3.78. The van der Waals surface area contributed by atoms with Gasteiger partial charge in [-0.05, 0) is 42.9 Å². The Balaban J connectivity index is 2.58. The molecule has 1 unspecified atom stereocenters. The van der Waals surface area contributed by atoms with E-state index in [0.717, 1.165) is 36.8 Å². The van der Waals surface area contributed by atoms with Gasteiger partial charge in [0.15, 0.2) is 0 Å². The summed E-state index contributed by atoms with van der Waals surface area (Å²) in [6.45, 7) is 0. The lowest BCUT2D eigenvalue weighted by molar-refractivity contribution is -0.138. The second-order valence-corrected chi connectivity index (χ2v) is 4.85. The van der Waals surface area contributed by atoms with E-state index >= 15 is 0 Å². The van der Waals surface area contributed by atoms with Crippen LogP contribution in [-0.2, 0) is 17.6 Å². The number of benzene rings is 1. The average molecular weight is 270 g/mol. The van der Waals surface area contributed by atoms with E-state index in [4.69, 9.17) is 27.2 Å². The van der Waals surface area contributed by atoms with Crippen molar-refractivity contribution >= 4 is 17.6 Å². The molecule has 0 radical (unpaired) electrons. The van der Waals surface area contributed by atoms with Crippen LogP contribution in [0.2, 0.25) is 5.02 Å². The molecule has 1 atom stereocenters. The Morgan fingerprint density at radius 2 is 2.17 bits per heavy atom. The number of ether oxygens (including phenoxy) is 1. The van der Waals surface area contributed by atoms with Gasteiger partial charge in [-0.25, -0.2) is 0 Å². The fourth-order valence-corrected chi connectivity index (χ4v) is 2.83. The maximum Gasteiger partial charge on any atom is 0.325 e. The predicted molar refractivity (Wildman–Crippen MR) is 69.2 cm³/mol. The molecule has 1 aliphatic rings. The number of hydrogen-bond acceptors (Lipinski definition) is 3. The van der Waals surface area contributed by atoms with Crippen LogP contribution in [0, 0.1) is 0 Å². The molecule has 0 saturated carbocycles. The summed E-state index contributed by atoms with van der Waals surface area (Å²) >= 11 is 6.31. The minimum Gasteiger partial charge on any atom is -0.495 e.